The maximum Gasteiger partial charge on any atom is 0.176 e. The zero-order valence-corrected chi connectivity index (χ0v) is 21.1. The van der Waals surface area contributed by atoms with E-state index >= 15 is 0 Å². The fraction of sp³-hybridized carbons (Fsp3) is 1.00. The molecule has 36 heavy (non-hydrogen) atoms. The average molecular weight is 526 g/mol. The first-order valence-electron chi connectivity index (χ1n) is 12.4. The summed E-state index contributed by atoms with van der Waals surface area (Å²) < 4.78 is 29.3. The van der Waals surface area contributed by atoms with Crippen molar-refractivity contribution in [1.82, 2.24) is 10.6 Å². The molecule has 0 spiro atoms. The van der Waals surface area contributed by atoms with E-state index in [4.69, 9.17) is 29.4 Å². The van der Waals surface area contributed by atoms with Crippen molar-refractivity contribution in [2.24, 2.45) is 11.7 Å². The van der Waals surface area contributed by atoms with Crippen molar-refractivity contribution < 1.29 is 54.3 Å². The van der Waals surface area contributed by atoms with Crippen LogP contribution in [0.1, 0.15) is 13.8 Å². The fourth-order valence-electron chi connectivity index (χ4n) is 5.27. The molecule has 3 fully saturated rings. The van der Waals surface area contributed by atoms with Gasteiger partial charge in [0.15, 0.2) is 12.6 Å². The van der Waals surface area contributed by atoms with Gasteiger partial charge in [-0.3, -0.25) is 0 Å². The van der Waals surface area contributed by atoms with Crippen molar-refractivity contribution in [3.8, 4) is 0 Å². The molecule has 3 saturated heterocycles. The first kappa shape index (κ1) is 30.0. The lowest BCUT2D eigenvalue weighted by molar-refractivity contribution is -0.342. The van der Waals surface area contributed by atoms with Crippen LogP contribution in [0.2, 0.25) is 0 Å². The number of hydrogen-bond donors (Lipinski definition) is 9. The molecule has 0 amide bonds. The van der Waals surface area contributed by atoms with E-state index in [0.29, 0.717) is 0 Å². The molecular formula is C22H43N3O11. The van der Waals surface area contributed by atoms with Crippen LogP contribution in [0.25, 0.3) is 0 Å². The van der Waals surface area contributed by atoms with Gasteiger partial charge in [0.05, 0.1) is 56.3 Å². The summed E-state index contributed by atoms with van der Waals surface area (Å²) in [5.74, 6) is -0.388. The number of hydrogen-bond acceptors (Lipinski definition) is 14. The topological polar surface area (TPSA) is 218 Å². The van der Waals surface area contributed by atoms with E-state index < -0.39 is 98.9 Å². The monoisotopic (exact) mass is 525 g/mol. The number of rotatable bonds is 9. The van der Waals surface area contributed by atoms with Crippen molar-refractivity contribution in [2.45, 2.75) is 99.5 Å². The van der Waals surface area contributed by atoms with Crippen molar-refractivity contribution in [1.29, 1.82) is 0 Å². The molecule has 15 unspecified atom stereocenters. The molecule has 14 heteroatoms. The number of likely N-dealkylation sites (N-methyl/N-ethyl adjacent to an activating group) is 2. The Morgan fingerprint density at radius 3 is 1.75 bits per heavy atom. The van der Waals surface area contributed by atoms with Gasteiger partial charge in [0, 0.05) is 5.92 Å². The minimum absolute atomic E-state index is 0.346. The number of nitrogens with two attached hydrogens (primary N) is 1. The summed E-state index contributed by atoms with van der Waals surface area (Å²) in [4.78, 5) is 0. The highest BCUT2D eigenvalue weighted by molar-refractivity contribution is 4.99. The van der Waals surface area contributed by atoms with Crippen LogP contribution in [0.15, 0.2) is 0 Å². The van der Waals surface area contributed by atoms with Crippen LogP contribution in [0.4, 0.5) is 0 Å². The van der Waals surface area contributed by atoms with Gasteiger partial charge >= 0.3 is 0 Å². The molecule has 0 aromatic heterocycles. The van der Waals surface area contributed by atoms with Crippen LogP contribution in [0, 0.1) is 5.92 Å². The minimum atomic E-state index is -1.40. The van der Waals surface area contributed by atoms with E-state index in [0.717, 1.165) is 0 Å². The van der Waals surface area contributed by atoms with Crippen molar-refractivity contribution in [3.05, 3.63) is 0 Å². The van der Waals surface area contributed by atoms with Crippen LogP contribution in [0.3, 0.4) is 0 Å². The zero-order valence-electron chi connectivity index (χ0n) is 21.1. The SMILES string of the molecule is CNC1C(C)OC(CO)C(OC2OC(CO)C(OC3OC(CO)C(C)C(O)C3NC)C(O)C2N)C1O. The molecule has 0 aromatic carbocycles. The molecule has 15 atom stereocenters. The second-order valence-corrected chi connectivity index (χ2v) is 9.75. The van der Waals surface area contributed by atoms with Crippen LogP contribution in [0.5, 0.6) is 0 Å². The summed E-state index contributed by atoms with van der Waals surface area (Å²) in [5, 5.41) is 67.9. The van der Waals surface area contributed by atoms with E-state index in [1.54, 1.807) is 27.9 Å². The third-order valence-electron chi connectivity index (χ3n) is 7.57. The molecule has 3 aliphatic rings. The Hall–Kier alpha value is -0.560. The fourth-order valence-corrected chi connectivity index (χ4v) is 5.27. The Morgan fingerprint density at radius 2 is 1.19 bits per heavy atom. The summed E-state index contributed by atoms with van der Waals surface area (Å²) >= 11 is 0. The Morgan fingerprint density at radius 1 is 0.694 bits per heavy atom. The van der Waals surface area contributed by atoms with E-state index in [2.05, 4.69) is 10.6 Å². The van der Waals surface area contributed by atoms with E-state index in [-0.39, 0.29) is 12.5 Å². The molecule has 0 aliphatic carbocycles. The van der Waals surface area contributed by atoms with Gasteiger partial charge in [0.2, 0.25) is 0 Å². The largest absolute Gasteiger partial charge is 0.394 e. The Kier molecular flexibility index (Phi) is 10.8. The summed E-state index contributed by atoms with van der Waals surface area (Å²) in [6.07, 6.45) is -11.1. The van der Waals surface area contributed by atoms with Gasteiger partial charge in [0.1, 0.15) is 36.6 Å². The lowest BCUT2D eigenvalue weighted by Gasteiger charge is -2.49. The molecule has 0 aromatic rings. The molecule has 3 aliphatic heterocycles. The average Bonchev–Trinajstić information content (AvgIpc) is 2.87. The van der Waals surface area contributed by atoms with Crippen molar-refractivity contribution in [2.75, 3.05) is 33.9 Å². The molecule has 0 bridgehead atoms. The normalized spacial score (nSPS) is 50.2. The van der Waals surface area contributed by atoms with Crippen molar-refractivity contribution in [3.63, 3.8) is 0 Å². The van der Waals surface area contributed by atoms with Gasteiger partial charge < -0.3 is 70.7 Å². The van der Waals surface area contributed by atoms with Crippen LogP contribution >= 0.6 is 0 Å². The van der Waals surface area contributed by atoms with Gasteiger partial charge in [-0.1, -0.05) is 6.92 Å². The van der Waals surface area contributed by atoms with Crippen molar-refractivity contribution >= 4 is 0 Å². The summed E-state index contributed by atoms with van der Waals surface area (Å²) in [7, 11) is 3.27. The zero-order chi connectivity index (χ0) is 26.7. The Balaban J connectivity index is 1.74. The van der Waals surface area contributed by atoms with Gasteiger partial charge in [-0.15, -0.1) is 0 Å². The Labute approximate surface area is 210 Å². The van der Waals surface area contributed by atoms with Gasteiger partial charge in [-0.2, -0.15) is 0 Å². The summed E-state index contributed by atoms with van der Waals surface area (Å²) in [6, 6.07) is -2.37. The highest BCUT2D eigenvalue weighted by atomic mass is 16.7. The number of aliphatic hydroxyl groups excluding tert-OH is 6. The lowest BCUT2D eigenvalue weighted by atomic mass is 9.89. The van der Waals surface area contributed by atoms with E-state index in [9.17, 15) is 30.6 Å². The second kappa shape index (κ2) is 13.0. The number of aliphatic hydroxyl groups is 6. The molecule has 0 saturated carbocycles. The lowest BCUT2D eigenvalue weighted by Crippen LogP contribution is -2.69. The predicted molar refractivity (Wildman–Crippen MR) is 124 cm³/mol. The molecular weight excluding hydrogens is 482 g/mol. The highest BCUT2D eigenvalue weighted by Gasteiger charge is 2.52. The predicted octanol–water partition coefficient (Wildman–Crippen LogP) is -4.81. The van der Waals surface area contributed by atoms with Crippen LogP contribution in [-0.4, -0.2) is 150 Å². The Bertz CT molecular complexity index is 679. The summed E-state index contributed by atoms with van der Waals surface area (Å²) in [5.41, 5.74) is 6.24. The first-order valence-corrected chi connectivity index (χ1v) is 12.4. The molecule has 10 N–H and O–H groups in total. The third kappa shape index (κ3) is 5.87. The number of ether oxygens (including phenoxy) is 5. The summed E-state index contributed by atoms with van der Waals surface area (Å²) in [6.45, 7) is 2.14. The quantitative estimate of drug-likeness (QED) is 0.138. The number of nitrogens with one attached hydrogen (secondary N) is 2. The minimum Gasteiger partial charge on any atom is -0.394 e. The molecule has 14 nitrogen and oxygen atoms in total. The molecule has 3 heterocycles. The maximum atomic E-state index is 11.0. The standard InChI is InChI=1S/C22H43N3O11/c1-8-10(5-26)33-22(15(25-4)16(8)29)36-19-12(7-28)34-21(13(23)17(19)30)35-20-11(6-27)32-9(2)14(24-3)18(20)31/h8-22,24-31H,5-7,23H2,1-4H3. The molecule has 212 valence electrons. The highest BCUT2D eigenvalue weighted by Crippen LogP contribution is 2.32. The maximum absolute atomic E-state index is 11.0. The van der Waals surface area contributed by atoms with E-state index in [1.807, 2.05) is 0 Å². The second-order valence-electron chi connectivity index (χ2n) is 9.75. The van der Waals surface area contributed by atoms with Gasteiger partial charge in [-0.25, -0.2) is 0 Å². The smallest absolute Gasteiger partial charge is 0.176 e. The van der Waals surface area contributed by atoms with Crippen LogP contribution in [-0.2, 0) is 23.7 Å². The first-order chi connectivity index (χ1) is 17.1. The van der Waals surface area contributed by atoms with Gasteiger partial charge in [-0.05, 0) is 21.0 Å². The van der Waals surface area contributed by atoms with Gasteiger partial charge in [0.25, 0.3) is 0 Å². The molecule has 0 radical (unpaired) electrons. The third-order valence-corrected chi connectivity index (χ3v) is 7.57. The molecule has 3 rings (SSSR count). The van der Waals surface area contributed by atoms with E-state index in [1.165, 1.54) is 0 Å². The van der Waals surface area contributed by atoms with Crippen LogP contribution < -0.4 is 16.4 Å².